The molecular formula is C18H22ClNO. The average Bonchev–Trinajstić information content (AvgIpc) is 2.46. The SMILES string of the molecule is C=C(C)C[C@@H](N)c1cccc(OCc2ccccc2)c1.Cl. The molecule has 2 nitrogen and oxygen atoms in total. The van der Waals surface area contributed by atoms with Gasteiger partial charge in [0.05, 0.1) is 0 Å². The Bertz CT molecular complexity index is 568. The average molecular weight is 304 g/mol. The zero-order chi connectivity index (χ0) is 14.4. The van der Waals surface area contributed by atoms with E-state index in [4.69, 9.17) is 10.5 Å². The Morgan fingerprint density at radius 1 is 1.14 bits per heavy atom. The van der Waals surface area contributed by atoms with E-state index in [1.54, 1.807) is 0 Å². The first kappa shape index (κ1) is 17.3. The monoisotopic (exact) mass is 303 g/mol. The lowest BCUT2D eigenvalue weighted by molar-refractivity contribution is 0.305. The number of nitrogens with two attached hydrogens (primary N) is 1. The van der Waals surface area contributed by atoms with Crippen LogP contribution in [-0.4, -0.2) is 0 Å². The topological polar surface area (TPSA) is 35.2 Å². The molecular weight excluding hydrogens is 282 g/mol. The van der Waals surface area contributed by atoms with Crippen molar-refractivity contribution in [2.75, 3.05) is 0 Å². The van der Waals surface area contributed by atoms with E-state index in [1.165, 1.54) is 0 Å². The maximum atomic E-state index is 6.16. The molecule has 0 bridgehead atoms. The first-order chi connectivity index (χ1) is 9.65. The van der Waals surface area contributed by atoms with Crippen molar-refractivity contribution in [1.82, 2.24) is 0 Å². The van der Waals surface area contributed by atoms with E-state index in [2.05, 4.69) is 18.7 Å². The lowest BCUT2D eigenvalue weighted by Gasteiger charge is -2.14. The molecule has 0 fully saturated rings. The molecule has 0 spiro atoms. The quantitative estimate of drug-likeness (QED) is 0.788. The third-order valence-corrected chi connectivity index (χ3v) is 3.10. The molecule has 2 aromatic rings. The molecule has 1 atom stereocenters. The second-order valence-corrected chi connectivity index (χ2v) is 5.11. The number of benzene rings is 2. The van der Waals surface area contributed by atoms with Crippen LogP contribution in [0.1, 0.15) is 30.5 Å². The van der Waals surface area contributed by atoms with Crippen molar-refractivity contribution in [1.29, 1.82) is 0 Å². The van der Waals surface area contributed by atoms with Crippen molar-refractivity contribution in [3.63, 3.8) is 0 Å². The lowest BCUT2D eigenvalue weighted by Crippen LogP contribution is -2.10. The van der Waals surface area contributed by atoms with Crippen LogP contribution in [0.3, 0.4) is 0 Å². The van der Waals surface area contributed by atoms with Gasteiger partial charge in [-0.3, -0.25) is 0 Å². The van der Waals surface area contributed by atoms with Gasteiger partial charge in [-0.2, -0.15) is 0 Å². The summed E-state index contributed by atoms with van der Waals surface area (Å²) in [7, 11) is 0. The maximum absolute atomic E-state index is 6.16. The van der Waals surface area contributed by atoms with E-state index < -0.39 is 0 Å². The largest absolute Gasteiger partial charge is 0.489 e. The molecule has 0 amide bonds. The Morgan fingerprint density at radius 3 is 2.52 bits per heavy atom. The second-order valence-electron chi connectivity index (χ2n) is 5.11. The Kier molecular flexibility index (Phi) is 7.00. The zero-order valence-corrected chi connectivity index (χ0v) is 13.1. The van der Waals surface area contributed by atoms with Crippen LogP contribution in [0, 0.1) is 0 Å². The summed E-state index contributed by atoms with van der Waals surface area (Å²) < 4.78 is 5.81. The van der Waals surface area contributed by atoms with Crippen LogP contribution in [-0.2, 0) is 6.61 Å². The van der Waals surface area contributed by atoms with Crippen LogP contribution in [0.15, 0.2) is 66.7 Å². The fourth-order valence-electron chi connectivity index (χ4n) is 2.07. The number of hydrogen-bond donors (Lipinski definition) is 1. The van der Waals surface area contributed by atoms with Crippen LogP contribution < -0.4 is 10.5 Å². The Labute approximate surface area is 133 Å². The number of rotatable bonds is 6. The highest BCUT2D eigenvalue weighted by Gasteiger charge is 2.07. The van der Waals surface area contributed by atoms with Crippen molar-refractivity contribution in [3.05, 3.63) is 77.9 Å². The van der Waals surface area contributed by atoms with E-state index >= 15 is 0 Å². The van der Waals surface area contributed by atoms with Gasteiger partial charge < -0.3 is 10.5 Å². The minimum absolute atomic E-state index is 0. The molecule has 0 aromatic heterocycles. The fourth-order valence-corrected chi connectivity index (χ4v) is 2.07. The van der Waals surface area contributed by atoms with Crippen LogP contribution in [0.25, 0.3) is 0 Å². The van der Waals surface area contributed by atoms with E-state index in [9.17, 15) is 0 Å². The highest BCUT2D eigenvalue weighted by Crippen LogP contribution is 2.22. The predicted molar refractivity (Wildman–Crippen MR) is 90.8 cm³/mol. The Hall–Kier alpha value is -1.77. The van der Waals surface area contributed by atoms with Gasteiger partial charge in [-0.15, -0.1) is 19.0 Å². The molecule has 0 aliphatic carbocycles. The summed E-state index contributed by atoms with van der Waals surface area (Å²) in [6.07, 6.45) is 0.794. The number of ether oxygens (including phenoxy) is 1. The molecule has 2 aromatic carbocycles. The highest BCUT2D eigenvalue weighted by atomic mass is 35.5. The van der Waals surface area contributed by atoms with Gasteiger partial charge in [0, 0.05) is 6.04 Å². The van der Waals surface area contributed by atoms with Crippen LogP contribution in [0.4, 0.5) is 0 Å². The van der Waals surface area contributed by atoms with Crippen molar-refractivity contribution in [2.24, 2.45) is 5.73 Å². The van der Waals surface area contributed by atoms with Gasteiger partial charge in [0.25, 0.3) is 0 Å². The van der Waals surface area contributed by atoms with Gasteiger partial charge in [-0.05, 0) is 36.6 Å². The molecule has 0 unspecified atom stereocenters. The Balaban J connectivity index is 0.00000220. The lowest BCUT2D eigenvalue weighted by atomic mass is 10.0. The molecule has 0 aliphatic rings. The Morgan fingerprint density at radius 2 is 1.86 bits per heavy atom. The van der Waals surface area contributed by atoms with Gasteiger partial charge in [-0.25, -0.2) is 0 Å². The van der Waals surface area contributed by atoms with E-state index in [1.807, 2.05) is 49.4 Å². The molecule has 21 heavy (non-hydrogen) atoms. The molecule has 112 valence electrons. The van der Waals surface area contributed by atoms with Gasteiger partial charge >= 0.3 is 0 Å². The van der Waals surface area contributed by atoms with Gasteiger partial charge in [-0.1, -0.05) is 48.0 Å². The molecule has 0 saturated heterocycles. The fraction of sp³-hybridized carbons (Fsp3) is 0.222. The van der Waals surface area contributed by atoms with E-state index in [0.717, 1.165) is 28.9 Å². The van der Waals surface area contributed by atoms with Crippen LogP contribution in [0.2, 0.25) is 0 Å². The summed E-state index contributed by atoms with van der Waals surface area (Å²) in [5.74, 6) is 0.850. The molecule has 0 heterocycles. The first-order valence-corrected chi connectivity index (χ1v) is 6.82. The minimum atomic E-state index is -0.0206. The smallest absolute Gasteiger partial charge is 0.120 e. The third-order valence-electron chi connectivity index (χ3n) is 3.10. The van der Waals surface area contributed by atoms with Gasteiger partial charge in [0.1, 0.15) is 12.4 Å². The standard InChI is InChI=1S/C18H21NO.ClH/c1-14(2)11-18(19)16-9-6-10-17(12-16)20-13-15-7-4-3-5-8-15;/h3-10,12,18H,1,11,13,19H2,2H3;1H/t18-;/m1./s1. The number of halogens is 1. The molecule has 2 N–H and O–H groups in total. The number of hydrogen-bond acceptors (Lipinski definition) is 2. The summed E-state index contributed by atoms with van der Waals surface area (Å²) >= 11 is 0. The van der Waals surface area contributed by atoms with Crippen molar-refractivity contribution in [2.45, 2.75) is 26.0 Å². The van der Waals surface area contributed by atoms with Crippen molar-refractivity contribution < 1.29 is 4.74 Å². The van der Waals surface area contributed by atoms with Crippen LogP contribution >= 0.6 is 12.4 Å². The van der Waals surface area contributed by atoms with Gasteiger partial charge in [0.2, 0.25) is 0 Å². The summed E-state index contributed by atoms with van der Waals surface area (Å²) in [4.78, 5) is 0. The molecule has 2 rings (SSSR count). The molecule has 3 heteroatoms. The highest BCUT2D eigenvalue weighted by molar-refractivity contribution is 5.85. The van der Waals surface area contributed by atoms with Crippen molar-refractivity contribution >= 4 is 12.4 Å². The zero-order valence-electron chi connectivity index (χ0n) is 12.3. The van der Waals surface area contributed by atoms with Crippen LogP contribution in [0.5, 0.6) is 5.75 Å². The molecule has 0 aliphatic heterocycles. The summed E-state index contributed by atoms with van der Waals surface area (Å²) in [6.45, 7) is 6.47. The predicted octanol–water partition coefficient (Wildman–Crippen LogP) is 4.65. The normalized spacial score (nSPS) is 11.3. The summed E-state index contributed by atoms with van der Waals surface area (Å²) in [5.41, 5.74) is 9.49. The second kappa shape index (κ2) is 8.50. The summed E-state index contributed by atoms with van der Waals surface area (Å²) in [5, 5.41) is 0. The summed E-state index contributed by atoms with van der Waals surface area (Å²) in [6, 6.07) is 18.1. The van der Waals surface area contributed by atoms with E-state index in [-0.39, 0.29) is 18.4 Å². The first-order valence-electron chi connectivity index (χ1n) is 6.82. The van der Waals surface area contributed by atoms with Gasteiger partial charge in [0.15, 0.2) is 0 Å². The molecule has 0 radical (unpaired) electrons. The third kappa shape index (κ3) is 5.62. The minimum Gasteiger partial charge on any atom is -0.489 e. The van der Waals surface area contributed by atoms with E-state index in [0.29, 0.717) is 6.61 Å². The molecule has 0 saturated carbocycles. The van der Waals surface area contributed by atoms with Crippen molar-refractivity contribution in [3.8, 4) is 5.75 Å². The maximum Gasteiger partial charge on any atom is 0.120 e.